The molecular formula is C28H31N3O6S2. The Morgan fingerprint density at radius 3 is 2.44 bits per heavy atom. The van der Waals surface area contributed by atoms with Gasteiger partial charge in [0.2, 0.25) is 5.91 Å². The number of amides is 2. The summed E-state index contributed by atoms with van der Waals surface area (Å²) in [4.78, 5) is 46.2. The van der Waals surface area contributed by atoms with E-state index in [-0.39, 0.29) is 30.6 Å². The van der Waals surface area contributed by atoms with Crippen LogP contribution in [0, 0.1) is 11.8 Å². The molecule has 1 aliphatic heterocycles. The third-order valence-electron chi connectivity index (χ3n) is 7.19. The second-order valence-corrected chi connectivity index (χ2v) is 11.7. The first-order chi connectivity index (χ1) is 18.9. The summed E-state index contributed by atoms with van der Waals surface area (Å²) in [5.74, 6) is -0.288. The molecule has 1 aromatic carbocycles. The Balaban J connectivity index is 1.45. The van der Waals surface area contributed by atoms with Crippen LogP contribution in [0.5, 0.6) is 0 Å². The second-order valence-electron chi connectivity index (χ2n) is 9.90. The van der Waals surface area contributed by atoms with Gasteiger partial charge in [-0.15, -0.1) is 22.7 Å². The van der Waals surface area contributed by atoms with Crippen molar-refractivity contribution in [2.24, 2.45) is 11.8 Å². The van der Waals surface area contributed by atoms with Crippen molar-refractivity contribution < 1.29 is 28.6 Å². The Hall–Kier alpha value is -3.12. The van der Waals surface area contributed by atoms with Crippen molar-refractivity contribution in [3.63, 3.8) is 0 Å². The van der Waals surface area contributed by atoms with Gasteiger partial charge in [-0.05, 0) is 55.4 Å². The van der Waals surface area contributed by atoms with E-state index in [9.17, 15) is 14.4 Å². The number of thiophene rings is 1. The van der Waals surface area contributed by atoms with E-state index in [4.69, 9.17) is 14.2 Å². The lowest BCUT2D eigenvalue weighted by molar-refractivity contribution is -0.131. The topological polar surface area (TPSA) is 107 Å². The van der Waals surface area contributed by atoms with Crippen LogP contribution >= 0.6 is 22.7 Å². The summed E-state index contributed by atoms with van der Waals surface area (Å²) < 4.78 is 16.2. The van der Waals surface area contributed by atoms with Crippen molar-refractivity contribution in [3.05, 3.63) is 51.8 Å². The summed E-state index contributed by atoms with van der Waals surface area (Å²) in [6, 6.07) is 8.86. The summed E-state index contributed by atoms with van der Waals surface area (Å²) in [6.07, 6.45) is 3.66. The average molecular weight is 570 g/mol. The van der Waals surface area contributed by atoms with Gasteiger partial charge in [-0.2, -0.15) is 0 Å². The number of rotatable bonds is 7. The number of methoxy groups -OCH3 is 1. The maximum Gasteiger partial charge on any atom is 0.350 e. The van der Waals surface area contributed by atoms with Gasteiger partial charge in [-0.1, -0.05) is 19.1 Å². The summed E-state index contributed by atoms with van der Waals surface area (Å²) in [5.41, 5.74) is 3.97. The van der Waals surface area contributed by atoms with Crippen molar-refractivity contribution in [3.8, 4) is 10.4 Å². The third-order valence-corrected chi connectivity index (χ3v) is 8.93. The van der Waals surface area contributed by atoms with Crippen molar-refractivity contribution in [2.75, 3.05) is 37.3 Å². The van der Waals surface area contributed by atoms with Gasteiger partial charge < -0.3 is 24.4 Å². The Morgan fingerprint density at radius 1 is 1.08 bits per heavy atom. The van der Waals surface area contributed by atoms with Gasteiger partial charge in [0.25, 0.3) is 5.91 Å². The number of thiazole rings is 1. The number of nitrogens with one attached hydrogen (secondary N) is 1. The first kappa shape index (κ1) is 27.4. The monoisotopic (exact) mass is 569 g/mol. The van der Waals surface area contributed by atoms with E-state index in [2.05, 4.69) is 17.2 Å². The molecule has 0 spiro atoms. The molecule has 0 unspecified atom stereocenters. The minimum Gasteiger partial charge on any atom is -0.465 e. The molecule has 1 saturated heterocycles. The molecule has 3 heterocycles. The Labute approximate surface area is 235 Å². The van der Waals surface area contributed by atoms with E-state index in [0.717, 1.165) is 36.1 Å². The molecule has 0 radical (unpaired) electrons. The number of ether oxygens (including phenoxy) is 3. The van der Waals surface area contributed by atoms with Crippen LogP contribution in [0.1, 0.15) is 52.8 Å². The minimum atomic E-state index is -0.499. The largest absolute Gasteiger partial charge is 0.465 e. The summed E-state index contributed by atoms with van der Waals surface area (Å²) in [6.45, 7) is 3.06. The molecule has 2 aromatic heterocycles. The fraction of sp³-hybridized carbons (Fsp3) is 0.429. The molecule has 2 amide bonds. The van der Waals surface area contributed by atoms with Crippen LogP contribution in [0.2, 0.25) is 0 Å². The van der Waals surface area contributed by atoms with Gasteiger partial charge in [-0.25, -0.2) is 9.78 Å². The SMILES string of the molecule is COC(=O)c1sc(-c2ccc(NC(=O)c3cscn3)cc2)cc1N(C(=O)[C@H]1CC[C@H](C)CC1)C1COCOC1. The standard InChI is InChI=1S/C28H31N3O6S2/c1-17-3-5-19(6-4-17)27(33)31(21-12-36-16-37-13-21)23-11-24(39-25(23)28(34)35-2)18-7-9-20(10-8-18)30-26(32)22-14-38-15-29-22/h7-11,14-15,17,19,21H,3-6,12-13,16H2,1-2H3,(H,30,32)/t17-,19-. The van der Waals surface area contributed by atoms with Gasteiger partial charge in [0, 0.05) is 21.9 Å². The van der Waals surface area contributed by atoms with E-state index in [1.165, 1.54) is 29.8 Å². The molecule has 2 fully saturated rings. The fourth-order valence-electron chi connectivity index (χ4n) is 5.00. The molecule has 0 atom stereocenters. The van der Waals surface area contributed by atoms with Crippen molar-refractivity contribution >= 4 is 51.8 Å². The van der Waals surface area contributed by atoms with Crippen LogP contribution in [0.15, 0.2) is 41.2 Å². The number of nitrogens with zero attached hydrogens (tertiary/aromatic N) is 2. The fourth-order valence-corrected chi connectivity index (χ4v) is 6.61. The number of esters is 1. The van der Waals surface area contributed by atoms with E-state index in [1.807, 2.05) is 18.2 Å². The van der Waals surface area contributed by atoms with Crippen LogP contribution in [0.4, 0.5) is 11.4 Å². The van der Waals surface area contributed by atoms with Gasteiger partial charge in [0.05, 0.1) is 37.6 Å². The highest BCUT2D eigenvalue weighted by atomic mass is 32.1. The molecule has 206 valence electrons. The molecule has 5 rings (SSSR count). The molecular weight excluding hydrogens is 538 g/mol. The second kappa shape index (κ2) is 12.4. The molecule has 1 N–H and O–H groups in total. The van der Waals surface area contributed by atoms with Crippen LogP contribution in [0.25, 0.3) is 10.4 Å². The summed E-state index contributed by atoms with van der Waals surface area (Å²) in [5, 5.41) is 4.53. The van der Waals surface area contributed by atoms with E-state index >= 15 is 0 Å². The Kier molecular flexibility index (Phi) is 8.71. The lowest BCUT2D eigenvalue weighted by Crippen LogP contribution is -2.51. The van der Waals surface area contributed by atoms with Crippen molar-refractivity contribution in [1.82, 2.24) is 4.98 Å². The number of carbonyl (C=O) groups is 3. The normalized spacial score (nSPS) is 19.8. The number of benzene rings is 1. The lowest BCUT2D eigenvalue weighted by Gasteiger charge is -2.37. The quantitative estimate of drug-likeness (QED) is 0.378. The Morgan fingerprint density at radius 2 is 1.79 bits per heavy atom. The zero-order valence-corrected chi connectivity index (χ0v) is 23.5. The molecule has 0 bridgehead atoms. The highest BCUT2D eigenvalue weighted by molar-refractivity contribution is 7.18. The van der Waals surface area contributed by atoms with Crippen LogP contribution < -0.4 is 10.2 Å². The lowest BCUT2D eigenvalue weighted by atomic mass is 9.82. The highest BCUT2D eigenvalue weighted by Gasteiger charge is 2.37. The zero-order chi connectivity index (χ0) is 27.4. The first-order valence-electron chi connectivity index (χ1n) is 12.9. The van der Waals surface area contributed by atoms with Gasteiger partial charge >= 0.3 is 5.97 Å². The van der Waals surface area contributed by atoms with Crippen molar-refractivity contribution in [1.29, 1.82) is 0 Å². The van der Waals surface area contributed by atoms with Crippen LogP contribution in [-0.2, 0) is 19.0 Å². The van der Waals surface area contributed by atoms with Gasteiger partial charge in [0.15, 0.2) is 0 Å². The average Bonchev–Trinajstić information content (AvgIpc) is 3.66. The summed E-state index contributed by atoms with van der Waals surface area (Å²) >= 11 is 2.63. The maximum atomic E-state index is 14.0. The van der Waals surface area contributed by atoms with E-state index in [1.54, 1.807) is 27.9 Å². The van der Waals surface area contributed by atoms with Crippen LogP contribution in [0.3, 0.4) is 0 Å². The third kappa shape index (κ3) is 6.22. The van der Waals surface area contributed by atoms with E-state index in [0.29, 0.717) is 41.1 Å². The van der Waals surface area contributed by atoms with Gasteiger partial charge in [-0.3, -0.25) is 9.59 Å². The zero-order valence-electron chi connectivity index (χ0n) is 21.9. The van der Waals surface area contributed by atoms with Crippen molar-refractivity contribution in [2.45, 2.75) is 38.6 Å². The molecule has 2 aliphatic rings. The first-order valence-corrected chi connectivity index (χ1v) is 14.7. The summed E-state index contributed by atoms with van der Waals surface area (Å²) in [7, 11) is 1.34. The van der Waals surface area contributed by atoms with E-state index < -0.39 is 5.97 Å². The molecule has 11 heteroatoms. The maximum absolute atomic E-state index is 14.0. The number of hydrogen-bond acceptors (Lipinski definition) is 9. The Bertz CT molecular complexity index is 1290. The molecule has 39 heavy (non-hydrogen) atoms. The number of aromatic nitrogens is 1. The predicted octanol–water partition coefficient (Wildman–Crippen LogP) is 5.44. The van der Waals surface area contributed by atoms with Gasteiger partial charge in [0.1, 0.15) is 17.4 Å². The smallest absolute Gasteiger partial charge is 0.350 e. The highest BCUT2D eigenvalue weighted by Crippen LogP contribution is 2.41. The number of hydrogen-bond donors (Lipinski definition) is 1. The number of anilines is 2. The minimum absolute atomic E-state index is 0.00407. The molecule has 3 aromatic rings. The predicted molar refractivity (Wildman–Crippen MR) is 150 cm³/mol. The molecule has 1 saturated carbocycles. The molecule has 1 aliphatic carbocycles. The van der Waals surface area contributed by atoms with Crippen LogP contribution in [-0.4, -0.2) is 55.9 Å². The number of carbonyl (C=O) groups excluding carboxylic acids is 3. The molecule has 9 nitrogen and oxygen atoms in total.